The molecule has 0 amide bonds. The van der Waals surface area contributed by atoms with Crippen LogP contribution in [0.4, 0.5) is 0 Å². The molecule has 3 rings (SSSR count). The average Bonchev–Trinajstić information content (AvgIpc) is 3.10. The van der Waals surface area contributed by atoms with Crippen molar-refractivity contribution in [3.63, 3.8) is 0 Å². The van der Waals surface area contributed by atoms with Crippen molar-refractivity contribution in [2.45, 2.75) is 20.1 Å². The Morgan fingerprint density at radius 3 is 1.77 bits per heavy atom. The van der Waals surface area contributed by atoms with Gasteiger partial charge in [-0.15, -0.1) is 0 Å². The first-order valence-electron chi connectivity index (χ1n) is 8.62. The van der Waals surface area contributed by atoms with Crippen LogP contribution in [0.15, 0.2) is 36.4 Å². The fourth-order valence-electron chi connectivity index (χ4n) is 2.85. The summed E-state index contributed by atoms with van der Waals surface area (Å²) in [5.74, 6) is -1.90. The van der Waals surface area contributed by atoms with Crippen molar-refractivity contribution < 1.29 is 34.0 Å². The Labute approximate surface area is 212 Å². The van der Waals surface area contributed by atoms with Crippen molar-refractivity contribution in [1.82, 2.24) is 0 Å². The molecule has 0 radical (unpaired) electrons. The lowest BCUT2D eigenvalue weighted by Crippen LogP contribution is -2.02. The van der Waals surface area contributed by atoms with Gasteiger partial charge < -0.3 is 24.4 Å². The van der Waals surface area contributed by atoms with E-state index in [4.69, 9.17) is 24.4 Å². The molecule has 7 nitrogen and oxygen atoms in total. The standard InChI is InChI=1S/C11H12O5.C9H6Br4O2/c1-14-10-7-4-3-6(9(12)13)5-8(7)11(15-2)16-10;10-7(11)5-2-1-4(9(14)15)3-6(5)8(12)13/h3-5,10-11H,1-2H3,(H,12,13);1-3,7-8H,(H,14,15). The second-order valence-corrected chi connectivity index (χ2v) is 12.3. The summed E-state index contributed by atoms with van der Waals surface area (Å²) >= 11 is 13.5. The predicted molar refractivity (Wildman–Crippen MR) is 129 cm³/mol. The average molecular weight is 690 g/mol. The van der Waals surface area contributed by atoms with E-state index in [9.17, 15) is 9.59 Å². The Kier molecular flexibility index (Phi) is 10.1. The third-order valence-electron chi connectivity index (χ3n) is 4.32. The highest BCUT2D eigenvalue weighted by Gasteiger charge is 2.32. The summed E-state index contributed by atoms with van der Waals surface area (Å²) in [7, 11) is 3.03. The van der Waals surface area contributed by atoms with E-state index in [1.54, 1.807) is 30.3 Å². The number of benzene rings is 2. The lowest BCUT2D eigenvalue weighted by molar-refractivity contribution is -0.217. The predicted octanol–water partition coefficient (Wildman–Crippen LogP) is 6.67. The molecule has 0 spiro atoms. The summed E-state index contributed by atoms with van der Waals surface area (Å²) in [6, 6.07) is 9.76. The molecule has 2 N–H and O–H groups in total. The van der Waals surface area contributed by atoms with Gasteiger partial charge in [-0.25, -0.2) is 9.59 Å². The summed E-state index contributed by atoms with van der Waals surface area (Å²) in [5.41, 5.74) is 3.86. The van der Waals surface area contributed by atoms with Gasteiger partial charge in [-0.3, -0.25) is 0 Å². The van der Waals surface area contributed by atoms with E-state index in [-0.39, 0.29) is 18.6 Å². The first kappa shape index (κ1) is 26.4. The van der Waals surface area contributed by atoms with Crippen molar-refractivity contribution in [3.8, 4) is 0 Å². The first-order chi connectivity index (χ1) is 14.6. The molecule has 1 aliphatic heterocycles. The lowest BCUT2D eigenvalue weighted by Gasteiger charge is -2.12. The number of fused-ring (bicyclic) bond motifs is 1. The van der Waals surface area contributed by atoms with Crippen molar-refractivity contribution in [2.24, 2.45) is 0 Å². The minimum absolute atomic E-state index is 0.000412. The number of rotatable bonds is 6. The van der Waals surface area contributed by atoms with Gasteiger partial charge in [0, 0.05) is 25.3 Å². The normalized spacial score (nSPS) is 17.3. The van der Waals surface area contributed by atoms with Crippen LogP contribution in [-0.2, 0) is 14.2 Å². The molecule has 0 fully saturated rings. The van der Waals surface area contributed by atoms with E-state index >= 15 is 0 Å². The summed E-state index contributed by atoms with van der Waals surface area (Å²) in [6.45, 7) is 0. The number of carboxylic acids is 2. The fourth-order valence-corrected chi connectivity index (χ4v) is 4.47. The first-order valence-corrected chi connectivity index (χ1v) is 12.3. The Morgan fingerprint density at radius 1 is 0.806 bits per heavy atom. The van der Waals surface area contributed by atoms with Gasteiger partial charge in [-0.1, -0.05) is 75.9 Å². The van der Waals surface area contributed by atoms with E-state index in [1.165, 1.54) is 20.3 Å². The molecule has 1 aliphatic rings. The van der Waals surface area contributed by atoms with Gasteiger partial charge in [-0.2, -0.15) is 0 Å². The maximum absolute atomic E-state index is 10.8. The monoisotopic (exact) mass is 686 g/mol. The van der Waals surface area contributed by atoms with Crippen LogP contribution in [0, 0.1) is 0 Å². The maximum Gasteiger partial charge on any atom is 0.335 e. The molecule has 2 atom stereocenters. The number of halogens is 4. The molecule has 31 heavy (non-hydrogen) atoms. The van der Waals surface area contributed by atoms with Gasteiger partial charge in [-0.05, 0) is 35.4 Å². The third-order valence-corrected chi connectivity index (χ3v) is 6.29. The van der Waals surface area contributed by atoms with Crippen LogP contribution >= 0.6 is 63.7 Å². The second kappa shape index (κ2) is 11.9. The molecule has 168 valence electrons. The summed E-state index contributed by atoms with van der Waals surface area (Å²) in [4.78, 5) is 21.6. The Hall–Kier alpha value is -0.820. The number of ether oxygens (including phenoxy) is 3. The topological polar surface area (TPSA) is 102 Å². The molecule has 2 unspecified atom stereocenters. The van der Waals surface area contributed by atoms with Gasteiger partial charge in [0.1, 0.15) is 0 Å². The summed E-state index contributed by atoms with van der Waals surface area (Å²) in [5, 5.41) is 17.8. The quantitative estimate of drug-likeness (QED) is 0.327. The van der Waals surface area contributed by atoms with Crippen LogP contribution in [0.5, 0.6) is 0 Å². The SMILES string of the molecule is COC1OC(OC)c2cc(C(=O)O)ccc21.O=C(O)c1ccc(C(Br)Br)c(C(Br)Br)c1. The van der Waals surface area contributed by atoms with Gasteiger partial charge in [0.05, 0.1) is 18.6 Å². The van der Waals surface area contributed by atoms with Crippen molar-refractivity contribution in [2.75, 3.05) is 14.2 Å². The van der Waals surface area contributed by atoms with Crippen molar-refractivity contribution in [3.05, 3.63) is 69.8 Å². The van der Waals surface area contributed by atoms with E-state index in [0.29, 0.717) is 5.56 Å². The molecule has 0 aromatic heterocycles. The van der Waals surface area contributed by atoms with Crippen LogP contribution in [0.3, 0.4) is 0 Å². The molecule has 1 heterocycles. The maximum atomic E-state index is 10.8. The van der Waals surface area contributed by atoms with E-state index in [2.05, 4.69) is 63.7 Å². The smallest absolute Gasteiger partial charge is 0.335 e. The number of carbonyl (C=O) groups is 2. The Morgan fingerprint density at radius 2 is 1.29 bits per heavy atom. The Bertz CT molecular complexity index is 949. The molecule has 0 saturated carbocycles. The van der Waals surface area contributed by atoms with Crippen molar-refractivity contribution in [1.29, 1.82) is 0 Å². The fraction of sp³-hybridized carbons (Fsp3) is 0.300. The number of methoxy groups -OCH3 is 2. The van der Waals surface area contributed by atoms with Crippen LogP contribution in [0.1, 0.15) is 63.0 Å². The minimum atomic E-state index is -0.974. The number of hydrogen-bond acceptors (Lipinski definition) is 5. The largest absolute Gasteiger partial charge is 0.478 e. The van der Waals surface area contributed by atoms with E-state index < -0.39 is 24.5 Å². The number of carboxylic acid groups (broad SMARTS) is 2. The number of aromatic carboxylic acids is 2. The van der Waals surface area contributed by atoms with Crippen LogP contribution in [0.2, 0.25) is 0 Å². The highest BCUT2D eigenvalue weighted by Crippen LogP contribution is 2.41. The zero-order chi connectivity index (χ0) is 23.3. The van der Waals surface area contributed by atoms with Gasteiger partial charge in [0.2, 0.25) is 0 Å². The minimum Gasteiger partial charge on any atom is -0.478 e. The zero-order valence-corrected chi connectivity index (χ0v) is 22.6. The third kappa shape index (κ3) is 6.59. The zero-order valence-electron chi connectivity index (χ0n) is 16.2. The molecular formula is C20H18Br4O7. The molecule has 0 aliphatic carbocycles. The van der Waals surface area contributed by atoms with E-state index in [0.717, 1.165) is 16.7 Å². The summed E-state index contributed by atoms with van der Waals surface area (Å²) in [6.07, 6.45) is -1.07. The lowest BCUT2D eigenvalue weighted by atomic mass is 10.0. The molecule has 2 aromatic carbocycles. The molecule has 2 aromatic rings. The molecule has 11 heteroatoms. The van der Waals surface area contributed by atoms with Crippen LogP contribution < -0.4 is 0 Å². The molecular weight excluding hydrogens is 672 g/mol. The van der Waals surface area contributed by atoms with Crippen LogP contribution in [-0.4, -0.2) is 36.4 Å². The number of alkyl halides is 4. The van der Waals surface area contributed by atoms with Gasteiger partial charge in [0.25, 0.3) is 0 Å². The molecule has 0 bridgehead atoms. The highest BCUT2D eigenvalue weighted by molar-refractivity contribution is 9.24. The highest BCUT2D eigenvalue weighted by atomic mass is 79.9. The summed E-state index contributed by atoms with van der Waals surface area (Å²) < 4.78 is 15.6. The van der Waals surface area contributed by atoms with Crippen LogP contribution in [0.25, 0.3) is 0 Å². The molecule has 0 saturated heterocycles. The van der Waals surface area contributed by atoms with E-state index in [1.807, 2.05) is 0 Å². The van der Waals surface area contributed by atoms with Gasteiger partial charge in [0.15, 0.2) is 12.6 Å². The number of hydrogen-bond donors (Lipinski definition) is 2. The van der Waals surface area contributed by atoms with Crippen molar-refractivity contribution >= 4 is 75.7 Å². The second-order valence-electron chi connectivity index (χ2n) is 6.17. The Balaban J connectivity index is 0.000000221. The van der Waals surface area contributed by atoms with Gasteiger partial charge >= 0.3 is 11.9 Å².